The van der Waals surface area contributed by atoms with E-state index >= 15 is 0 Å². The van der Waals surface area contributed by atoms with Gasteiger partial charge in [-0.2, -0.15) is 0 Å². The molecule has 1 unspecified atom stereocenters. The van der Waals surface area contributed by atoms with Gasteiger partial charge in [-0.25, -0.2) is 0 Å². The van der Waals surface area contributed by atoms with Crippen LogP contribution in [0.4, 0.5) is 0 Å². The van der Waals surface area contributed by atoms with Crippen LogP contribution in [-0.2, 0) is 0 Å². The molecule has 1 fully saturated rings. The lowest BCUT2D eigenvalue weighted by atomic mass is 10.2. The van der Waals surface area contributed by atoms with Gasteiger partial charge in [-0.15, -0.1) is 0 Å². The van der Waals surface area contributed by atoms with Gasteiger partial charge >= 0.3 is 0 Å². The van der Waals surface area contributed by atoms with Crippen molar-refractivity contribution in [2.75, 3.05) is 26.2 Å². The molecule has 0 amide bonds. The van der Waals surface area contributed by atoms with Gasteiger partial charge in [0.2, 0.25) is 0 Å². The van der Waals surface area contributed by atoms with Crippen LogP contribution >= 0.6 is 0 Å². The predicted octanol–water partition coefficient (Wildman–Crippen LogP) is 1.25. The third-order valence-corrected chi connectivity index (χ3v) is 2.43. The van der Waals surface area contributed by atoms with Gasteiger partial charge in [0, 0.05) is 19.1 Å². The largest absolute Gasteiger partial charge is 0.315 e. The average Bonchev–Trinajstić information content (AvgIpc) is 2.51. The fraction of sp³-hybridized carbons (Fsp3) is 0.800. The maximum atomic E-state index is 3.95. The number of hydrogen-bond donors (Lipinski definition) is 1. The molecule has 0 aliphatic carbocycles. The second kappa shape index (κ2) is 4.63. The van der Waals surface area contributed by atoms with Gasteiger partial charge in [0.15, 0.2) is 0 Å². The molecule has 1 atom stereocenters. The Balaban J connectivity index is 2.37. The fourth-order valence-corrected chi connectivity index (χ4v) is 1.80. The molecule has 1 aliphatic rings. The summed E-state index contributed by atoms with van der Waals surface area (Å²) in [7, 11) is 0. The van der Waals surface area contributed by atoms with E-state index in [-0.39, 0.29) is 0 Å². The first-order chi connectivity index (χ1) is 5.74. The zero-order valence-corrected chi connectivity index (χ0v) is 8.27. The lowest BCUT2D eigenvalue weighted by molar-refractivity contribution is 0.238. The highest BCUT2D eigenvalue weighted by Crippen LogP contribution is 2.09. The number of nitrogens with zero attached hydrogens (tertiary/aromatic N) is 1. The highest BCUT2D eigenvalue weighted by molar-refractivity contribution is 4.94. The second-order valence-corrected chi connectivity index (χ2v) is 3.67. The standard InChI is InChI=1S/C10H20N2/c1-4-12(8-9(2)3)10-5-6-11-7-10/h10-11H,2,4-8H2,1,3H3. The van der Waals surface area contributed by atoms with E-state index in [1.807, 2.05) is 0 Å². The predicted molar refractivity (Wildman–Crippen MR) is 53.3 cm³/mol. The molecule has 0 radical (unpaired) electrons. The number of nitrogens with one attached hydrogen (secondary N) is 1. The van der Waals surface area contributed by atoms with E-state index in [9.17, 15) is 0 Å². The molecule has 1 saturated heterocycles. The van der Waals surface area contributed by atoms with E-state index in [0.29, 0.717) is 0 Å². The van der Waals surface area contributed by atoms with Gasteiger partial charge in [-0.1, -0.05) is 19.1 Å². The summed E-state index contributed by atoms with van der Waals surface area (Å²) in [6.07, 6.45) is 1.29. The van der Waals surface area contributed by atoms with Crippen LogP contribution in [0.25, 0.3) is 0 Å². The molecule has 0 spiro atoms. The molecule has 2 heteroatoms. The molecule has 1 N–H and O–H groups in total. The quantitative estimate of drug-likeness (QED) is 0.635. The van der Waals surface area contributed by atoms with Crippen molar-refractivity contribution in [3.63, 3.8) is 0 Å². The van der Waals surface area contributed by atoms with Gasteiger partial charge in [-0.05, 0) is 26.4 Å². The summed E-state index contributed by atoms with van der Waals surface area (Å²) in [5.74, 6) is 0. The van der Waals surface area contributed by atoms with Gasteiger partial charge in [0.05, 0.1) is 0 Å². The first kappa shape index (κ1) is 9.75. The maximum Gasteiger partial charge on any atom is 0.0236 e. The van der Waals surface area contributed by atoms with E-state index in [2.05, 4.69) is 30.6 Å². The smallest absolute Gasteiger partial charge is 0.0236 e. The SMILES string of the molecule is C=C(C)CN(CC)C1CCNC1. The number of hydrogen-bond acceptors (Lipinski definition) is 2. The first-order valence-electron chi connectivity index (χ1n) is 4.83. The summed E-state index contributed by atoms with van der Waals surface area (Å²) in [6.45, 7) is 12.8. The topological polar surface area (TPSA) is 15.3 Å². The van der Waals surface area contributed by atoms with Crippen molar-refractivity contribution < 1.29 is 0 Å². The van der Waals surface area contributed by atoms with Crippen molar-refractivity contribution in [1.29, 1.82) is 0 Å². The maximum absolute atomic E-state index is 3.95. The third kappa shape index (κ3) is 2.61. The highest BCUT2D eigenvalue weighted by Gasteiger charge is 2.20. The Bertz CT molecular complexity index is 148. The Hall–Kier alpha value is -0.340. The normalized spacial score (nSPS) is 23.4. The van der Waals surface area contributed by atoms with Crippen LogP contribution in [-0.4, -0.2) is 37.1 Å². The van der Waals surface area contributed by atoms with Crippen LogP contribution in [0.5, 0.6) is 0 Å². The molecule has 0 aromatic rings. The molecule has 70 valence electrons. The Morgan fingerprint density at radius 1 is 1.67 bits per heavy atom. The van der Waals surface area contributed by atoms with Crippen molar-refractivity contribution >= 4 is 0 Å². The van der Waals surface area contributed by atoms with E-state index in [1.54, 1.807) is 0 Å². The van der Waals surface area contributed by atoms with Crippen molar-refractivity contribution in [2.24, 2.45) is 0 Å². The summed E-state index contributed by atoms with van der Waals surface area (Å²) in [5, 5.41) is 3.39. The molecule has 2 nitrogen and oxygen atoms in total. The van der Waals surface area contributed by atoms with Crippen molar-refractivity contribution in [3.8, 4) is 0 Å². The monoisotopic (exact) mass is 168 g/mol. The number of rotatable bonds is 4. The number of likely N-dealkylation sites (N-methyl/N-ethyl adjacent to an activating group) is 1. The van der Waals surface area contributed by atoms with Gasteiger partial charge in [0.1, 0.15) is 0 Å². The lowest BCUT2D eigenvalue weighted by Crippen LogP contribution is -2.37. The van der Waals surface area contributed by atoms with E-state index < -0.39 is 0 Å². The van der Waals surface area contributed by atoms with Crippen molar-refractivity contribution in [2.45, 2.75) is 26.3 Å². The Kier molecular flexibility index (Phi) is 3.76. The van der Waals surface area contributed by atoms with Crippen molar-refractivity contribution in [3.05, 3.63) is 12.2 Å². The van der Waals surface area contributed by atoms with Crippen LogP contribution in [0.2, 0.25) is 0 Å². The van der Waals surface area contributed by atoms with Gasteiger partial charge < -0.3 is 5.32 Å². The summed E-state index contributed by atoms with van der Waals surface area (Å²) < 4.78 is 0. The molecular formula is C10H20N2. The van der Waals surface area contributed by atoms with Crippen molar-refractivity contribution in [1.82, 2.24) is 10.2 Å². The van der Waals surface area contributed by atoms with Crippen LogP contribution in [0.1, 0.15) is 20.3 Å². The average molecular weight is 168 g/mol. The van der Waals surface area contributed by atoms with Crippen LogP contribution in [0, 0.1) is 0 Å². The second-order valence-electron chi connectivity index (χ2n) is 3.67. The minimum atomic E-state index is 0.742. The van der Waals surface area contributed by atoms with Crippen LogP contribution in [0.15, 0.2) is 12.2 Å². The zero-order valence-electron chi connectivity index (χ0n) is 8.27. The minimum absolute atomic E-state index is 0.742. The molecule has 0 aromatic heterocycles. The van der Waals surface area contributed by atoms with E-state index in [4.69, 9.17) is 0 Å². The molecule has 0 bridgehead atoms. The molecule has 12 heavy (non-hydrogen) atoms. The fourth-order valence-electron chi connectivity index (χ4n) is 1.80. The Morgan fingerprint density at radius 3 is 2.83 bits per heavy atom. The molecule has 1 aliphatic heterocycles. The zero-order chi connectivity index (χ0) is 8.97. The van der Waals surface area contributed by atoms with E-state index in [0.717, 1.165) is 25.7 Å². The minimum Gasteiger partial charge on any atom is -0.315 e. The van der Waals surface area contributed by atoms with Gasteiger partial charge in [-0.3, -0.25) is 4.90 Å². The first-order valence-corrected chi connectivity index (χ1v) is 4.83. The van der Waals surface area contributed by atoms with E-state index in [1.165, 1.54) is 18.5 Å². The summed E-state index contributed by atoms with van der Waals surface area (Å²) in [6, 6.07) is 0.742. The van der Waals surface area contributed by atoms with Crippen LogP contribution < -0.4 is 5.32 Å². The lowest BCUT2D eigenvalue weighted by Gasteiger charge is -2.26. The molecular weight excluding hydrogens is 148 g/mol. The Labute approximate surface area is 75.6 Å². The third-order valence-electron chi connectivity index (χ3n) is 2.43. The molecule has 1 heterocycles. The molecule has 1 rings (SSSR count). The highest BCUT2D eigenvalue weighted by atomic mass is 15.2. The molecule has 0 aromatic carbocycles. The van der Waals surface area contributed by atoms with Crippen LogP contribution in [0.3, 0.4) is 0 Å². The Morgan fingerprint density at radius 2 is 2.42 bits per heavy atom. The van der Waals surface area contributed by atoms with Gasteiger partial charge in [0.25, 0.3) is 0 Å². The molecule has 0 saturated carbocycles. The summed E-state index contributed by atoms with van der Waals surface area (Å²) >= 11 is 0. The summed E-state index contributed by atoms with van der Waals surface area (Å²) in [4.78, 5) is 2.50. The summed E-state index contributed by atoms with van der Waals surface area (Å²) in [5.41, 5.74) is 1.27.